The van der Waals surface area contributed by atoms with Crippen molar-refractivity contribution in [1.29, 1.82) is 0 Å². The lowest BCUT2D eigenvalue weighted by molar-refractivity contribution is -0.139. The van der Waals surface area contributed by atoms with Crippen molar-refractivity contribution in [2.75, 3.05) is 24.5 Å². The number of carbonyl (C=O) groups is 2. The summed E-state index contributed by atoms with van der Waals surface area (Å²) in [5.41, 5.74) is 1.94. The summed E-state index contributed by atoms with van der Waals surface area (Å²) in [6.07, 6.45) is 0. The first-order valence-corrected chi connectivity index (χ1v) is 14.0. The molecule has 3 rings (SSSR count). The van der Waals surface area contributed by atoms with Gasteiger partial charge in [0.05, 0.1) is 17.2 Å². The van der Waals surface area contributed by atoms with E-state index in [0.29, 0.717) is 23.1 Å². The summed E-state index contributed by atoms with van der Waals surface area (Å²) in [5, 5.41) is 3.10. The van der Waals surface area contributed by atoms with E-state index in [1.807, 2.05) is 13.8 Å². The molecule has 38 heavy (non-hydrogen) atoms. The smallest absolute Gasteiger partial charge is 0.264 e. The number of hydrogen-bond acceptors (Lipinski definition) is 5. The van der Waals surface area contributed by atoms with Crippen molar-refractivity contribution in [3.05, 3.63) is 88.9 Å². The molecule has 0 saturated carbocycles. The van der Waals surface area contributed by atoms with Gasteiger partial charge in [0.15, 0.2) is 0 Å². The number of hydrogen-bond donors (Lipinski definition) is 1. The van der Waals surface area contributed by atoms with E-state index in [1.165, 1.54) is 24.1 Å². The fourth-order valence-electron chi connectivity index (χ4n) is 3.82. The summed E-state index contributed by atoms with van der Waals surface area (Å²) in [7, 11) is -2.64. The first-order valence-electron chi connectivity index (χ1n) is 12.1. The molecule has 10 heteroatoms. The van der Waals surface area contributed by atoms with Crippen molar-refractivity contribution in [2.45, 2.75) is 38.3 Å². The Morgan fingerprint density at radius 2 is 1.58 bits per heavy atom. The Kier molecular flexibility index (Phi) is 9.77. The van der Waals surface area contributed by atoms with Crippen molar-refractivity contribution < 1.29 is 22.7 Å². The average molecular weight is 558 g/mol. The van der Waals surface area contributed by atoms with Gasteiger partial charge in [-0.1, -0.05) is 41.4 Å². The molecule has 1 atom stereocenters. The molecule has 2 amide bonds. The summed E-state index contributed by atoms with van der Waals surface area (Å²) in [5.74, 6) is -0.338. The maximum atomic E-state index is 13.8. The Labute approximate surface area is 229 Å². The minimum absolute atomic E-state index is 0.0494. The van der Waals surface area contributed by atoms with Crippen LogP contribution in [0.2, 0.25) is 5.02 Å². The van der Waals surface area contributed by atoms with Crippen molar-refractivity contribution in [1.82, 2.24) is 10.2 Å². The number of halogens is 1. The van der Waals surface area contributed by atoms with Crippen LogP contribution >= 0.6 is 11.6 Å². The van der Waals surface area contributed by atoms with Crippen molar-refractivity contribution in [3.8, 4) is 5.75 Å². The number of carbonyl (C=O) groups excluding carboxylic acids is 2. The van der Waals surface area contributed by atoms with E-state index in [4.69, 9.17) is 16.3 Å². The van der Waals surface area contributed by atoms with Crippen LogP contribution in [0.5, 0.6) is 5.75 Å². The summed E-state index contributed by atoms with van der Waals surface area (Å²) in [6, 6.07) is 19.0. The first kappa shape index (κ1) is 29.0. The Hall–Kier alpha value is -3.56. The molecule has 3 aromatic carbocycles. The summed E-state index contributed by atoms with van der Waals surface area (Å²) in [4.78, 5) is 27.7. The molecule has 8 nitrogen and oxygen atoms in total. The van der Waals surface area contributed by atoms with Crippen LogP contribution < -0.4 is 14.4 Å². The van der Waals surface area contributed by atoms with Gasteiger partial charge in [-0.25, -0.2) is 8.42 Å². The summed E-state index contributed by atoms with van der Waals surface area (Å²) >= 11 is 6.00. The second-order valence-corrected chi connectivity index (χ2v) is 11.0. The van der Waals surface area contributed by atoms with Gasteiger partial charge in [0.2, 0.25) is 11.8 Å². The van der Waals surface area contributed by atoms with Crippen molar-refractivity contribution >= 4 is 39.1 Å². The minimum atomic E-state index is -4.13. The number of ether oxygens (including phenoxy) is 1. The van der Waals surface area contributed by atoms with Crippen LogP contribution in [0.25, 0.3) is 0 Å². The minimum Gasteiger partial charge on any atom is -0.494 e. The molecule has 0 saturated heterocycles. The quantitative estimate of drug-likeness (QED) is 0.377. The van der Waals surface area contributed by atoms with Gasteiger partial charge in [0.25, 0.3) is 10.0 Å². The Bertz CT molecular complexity index is 1340. The van der Waals surface area contributed by atoms with Crippen molar-refractivity contribution in [2.24, 2.45) is 0 Å². The molecule has 0 aliphatic rings. The number of nitrogens with zero attached hydrogens (tertiary/aromatic N) is 2. The monoisotopic (exact) mass is 557 g/mol. The van der Waals surface area contributed by atoms with Gasteiger partial charge in [0, 0.05) is 18.6 Å². The summed E-state index contributed by atoms with van der Waals surface area (Å²) in [6.45, 7) is 5.34. The van der Waals surface area contributed by atoms with Gasteiger partial charge in [-0.05, 0) is 74.9 Å². The highest BCUT2D eigenvalue weighted by atomic mass is 35.5. The van der Waals surface area contributed by atoms with Crippen LogP contribution in [0.3, 0.4) is 0 Å². The van der Waals surface area contributed by atoms with Gasteiger partial charge in [-0.2, -0.15) is 0 Å². The van der Waals surface area contributed by atoms with Crippen LogP contribution in [-0.2, 0) is 26.2 Å². The van der Waals surface area contributed by atoms with E-state index in [-0.39, 0.29) is 17.3 Å². The molecule has 0 bridgehead atoms. The second kappa shape index (κ2) is 12.8. The lowest BCUT2D eigenvalue weighted by Gasteiger charge is -2.31. The van der Waals surface area contributed by atoms with Crippen LogP contribution in [0, 0.1) is 6.92 Å². The fourth-order valence-corrected chi connectivity index (χ4v) is 5.36. The number of likely N-dealkylation sites (N-methyl/N-ethyl adjacent to an activating group) is 1. The molecule has 1 N–H and O–H groups in total. The third kappa shape index (κ3) is 7.05. The average Bonchev–Trinajstić information content (AvgIpc) is 2.91. The fraction of sp³-hybridized carbons (Fsp3) is 0.286. The van der Waals surface area contributed by atoms with Crippen LogP contribution in [-0.4, -0.2) is 51.4 Å². The summed E-state index contributed by atoms with van der Waals surface area (Å²) < 4.78 is 34.1. The van der Waals surface area contributed by atoms with Crippen LogP contribution in [0.4, 0.5) is 5.69 Å². The SMILES string of the molecule is CCOc1ccc(N(CC(=O)N(Cc2ccc(Cl)cc2)C(C)C(=O)NC)S(=O)(=O)c2ccc(C)cc2)cc1. The Balaban J connectivity index is 2.02. The molecule has 1 unspecified atom stereocenters. The third-order valence-electron chi connectivity index (χ3n) is 6.00. The zero-order valence-electron chi connectivity index (χ0n) is 21.8. The third-order valence-corrected chi connectivity index (χ3v) is 8.04. The first-order chi connectivity index (χ1) is 18.1. The molecule has 0 radical (unpaired) electrons. The maximum Gasteiger partial charge on any atom is 0.264 e. The van der Waals surface area contributed by atoms with E-state index in [0.717, 1.165) is 15.4 Å². The molecule has 0 aliphatic heterocycles. The van der Waals surface area contributed by atoms with Crippen molar-refractivity contribution in [3.63, 3.8) is 0 Å². The Morgan fingerprint density at radius 1 is 0.974 bits per heavy atom. The molecule has 202 valence electrons. The zero-order chi connectivity index (χ0) is 27.9. The lowest BCUT2D eigenvalue weighted by Crippen LogP contribution is -2.50. The Morgan fingerprint density at radius 3 is 2.13 bits per heavy atom. The standard InChI is InChI=1S/C28H32ClN3O5S/c1-5-37-25-14-12-24(13-15-25)32(38(35,36)26-16-6-20(2)7-17-26)19-27(33)31(21(3)28(34)30-4)18-22-8-10-23(29)11-9-22/h6-17,21H,5,18-19H2,1-4H3,(H,30,34). The lowest BCUT2D eigenvalue weighted by atomic mass is 10.1. The zero-order valence-corrected chi connectivity index (χ0v) is 23.4. The van der Waals surface area contributed by atoms with Crippen LogP contribution in [0.15, 0.2) is 77.7 Å². The number of rotatable bonds is 11. The highest BCUT2D eigenvalue weighted by Gasteiger charge is 2.32. The predicted octanol–water partition coefficient (Wildman–Crippen LogP) is 4.41. The van der Waals surface area contributed by atoms with Crippen LogP contribution in [0.1, 0.15) is 25.0 Å². The number of nitrogens with one attached hydrogen (secondary N) is 1. The molecule has 0 spiro atoms. The van der Waals surface area contributed by atoms with Gasteiger partial charge >= 0.3 is 0 Å². The number of sulfonamides is 1. The number of aryl methyl sites for hydroxylation is 1. The van der Waals surface area contributed by atoms with E-state index in [1.54, 1.807) is 67.6 Å². The van der Waals surface area contributed by atoms with E-state index in [9.17, 15) is 18.0 Å². The molecule has 0 fully saturated rings. The van der Waals surface area contributed by atoms with E-state index < -0.39 is 28.5 Å². The van der Waals surface area contributed by atoms with Gasteiger partial charge in [-0.15, -0.1) is 0 Å². The molecule has 0 aromatic heterocycles. The second-order valence-electron chi connectivity index (χ2n) is 8.69. The van der Waals surface area contributed by atoms with Gasteiger partial charge < -0.3 is 15.0 Å². The topological polar surface area (TPSA) is 96.0 Å². The largest absolute Gasteiger partial charge is 0.494 e. The highest BCUT2D eigenvalue weighted by molar-refractivity contribution is 7.92. The molecular weight excluding hydrogens is 526 g/mol. The molecule has 0 aliphatic carbocycles. The van der Waals surface area contributed by atoms with E-state index >= 15 is 0 Å². The van der Waals surface area contributed by atoms with Gasteiger partial charge in [0.1, 0.15) is 18.3 Å². The maximum absolute atomic E-state index is 13.8. The molecule has 3 aromatic rings. The predicted molar refractivity (Wildman–Crippen MR) is 149 cm³/mol. The van der Waals surface area contributed by atoms with Gasteiger partial charge in [-0.3, -0.25) is 13.9 Å². The normalized spacial score (nSPS) is 11.9. The number of anilines is 1. The molecular formula is C28H32ClN3O5S. The number of amides is 2. The molecule has 0 heterocycles. The van der Waals surface area contributed by atoms with E-state index in [2.05, 4.69) is 5.32 Å². The highest BCUT2D eigenvalue weighted by Crippen LogP contribution is 2.27. The number of benzene rings is 3.